The molecular weight excluding hydrogens is 500 g/mol. The molecule has 0 aliphatic carbocycles. The van der Waals surface area contributed by atoms with Crippen LogP contribution in [0.25, 0.3) is 50.3 Å². The Morgan fingerprint density at radius 1 is 0.561 bits per heavy atom. The van der Waals surface area contributed by atoms with Crippen molar-refractivity contribution >= 4 is 33.2 Å². The van der Waals surface area contributed by atoms with Gasteiger partial charge in [-0.3, -0.25) is 4.57 Å². The molecule has 0 unspecified atom stereocenters. The molecule has 7 aromatic rings. The lowest BCUT2D eigenvalue weighted by atomic mass is 10.0. The third kappa shape index (κ3) is 4.25. The van der Waals surface area contributed by atoms with Crippen LogP contribution in [0.2, 0.25) is 0 Å². The van der Waals surface area contributed by atoms with Crippen molar-refractivity contribution in [3.05, 3.63) is 139 Å². The van der Waals surface area contributed by atoms with E-state index in [0.29, 0.717) is 5.95 Å². The topological polar surface area (TPSA) is 34.0 Å². The number of hydrogen-bond donors (Lipinski definition) is 0. The summed E-state index contributed by atoms with van der Waals surface area (Å²) in [7, 11) is 2.15. The first kappa shape index (κ1) is 24.8. The predicted octanol–water partition coefficient (Wildman–Crippen LogP) is 9.29. The summed E-state index contributed by atoms with van der Waals surface area (Å²) in [4.78, 5) is 12.6. The van der Waals surface area contributed by atoms with E-state index in [2.05, 4.69) is 146 Å². The summed E-state index contributed by atoms with van der Waals surface area (Å²) in [5.74, 6) is 0.663. The lowest BCUT2D eigenvalue weighted by molar-refractivity contribution is 0.995. The fraction of sp³-hybridized carbons (Fsp3) is 0.0811. The fourth-order valence-corrected chi connectivity index (χ4v) is 5.92. The van der Waals surface area contributed by atoms with Crippen LogP contribution in [0.5, 0.6) is 0 Å². The monoisotopic (exact) mass is 530 g/mol. The molecule has 7 rings (SSSR count). The maximum Gasteiger partial charge on any atom is 0.235 e. The van der Waals surface area contributed by atoms with Gasteiger partial charge < -0.3 is 4.90 Å². The lowest BCUT2D eigenvalue weighted by Crippen LogP contribution is -2.12. The molecule has 0 bridgehead atoms. The van der Waals surface area contributed by atoms with E-state index in [1.807, 2.05) is 12.1 Å². The van der Waals surface area contributed by atoms with Crippen LogP contribution < -0.4 is 4.90 Å². The number of hydrogen-bond acceptors (Lipinski definition) is 3. The van der Waals surface area contributed by atoms with Crippen LogP contribution in [0.3, 0.4) is 0 Å². The Labute approximate surface area is 240 Å². The van der Waals surface area contributed by atoms with Crippen molar-refractivity contribution < 1.29 is 0 Å². The predicted molar refractivity (Wildman–Crippen MR) is 171 cm³/mol. The summed E-state index contributed by atoms with van der Waals surface area (Å²) >= 11 is 0. The minimum Gasteiger partial charge on any atom is -0.344 e. The molecule has 0 saturated carbocycles. The first-order valence-corrected chi connectivity index (χ1v) is 13.9. The van der Waals surface area contributed by atoms with E-state index >= 15 is 0 Å². The van der Waals surface area contributed by atoms with Crippen molar-refractivity contribution in [2.24, 2.45) is 0 Å². The second-order valence-electron chi connectivity index (χ2n) is 10.5. The quantitative estimate of drug-likeness (QED) is 0.222. The number of para-hydroxylation sites is 2. The van der Waals surface area contributed by atoms with Gasteiger partial charge in [0.25, 0.3) is 0 Å². The van der Waals surface area contributed by atoms with E-state index in [4.69, 9.17) is 9.97 Å². The molecule has 0 atom stereocenters. The Hall–Kier alpha value is -5.22. The Morgan fingerprint density at radius 2 is 1.15 bits per heavy atom. The van der Waals surface area contributed by atoms with E-state index in [1.54, 1.807) is 0 Å². The number of anilines is 2. The fourth-order valence-electron chi connectivity index (χ4n) is 5.92. The summed E-state index contributed by atoms with van der Waals surface area (Å²) in [6.45, 7) is 4.38. The molecule has 198 valence electrons. The SMILES string of the molecule is Cc1ccccc1N(C)c1ccc2c(c1C)c1ccccc1n2-c1nc(-c2ccccc2)cc(-c2ccccc2)n1. The average Bonchev–Trinajstić information content (AvgIpc) is 3.37. The van der Waals surface area contributed by atoms with E-state index in [0.717, 1.165) is 33.5 Å². The van der Waals surface area contributed by atoms with Crippen molar-refractivity contribution in [1.82, 2.24) is 14.5 Å². The van der Waals surface area contributed by atoms with E-state index in [9.17, 15) is 0 Å². The molecule has 0 spiro atoms. The summed E-state index contributed by atoms with van der Waals surface area (Å²) in [6.07, 6.45) is 0. The third-order valence-corrected chi connectivity index (χ3v) is 7.96. The molecule has 0 aliphatic rings. The molecule has 0 fully saturated rings. The number of nitrogens with zero attached hydrogens (tertiary/aromatic N) is 4. The van der Waals surface area contributed by atoms with Gasteiger partial charge in [0.2, 0.25) is 5.95 Å². The molecule has 0 N–H and O–H groups in total. The van der Waals surface area contributed by atoms with Gasteiger partial charge >= 0.3 is 0 Å². The van der Waals surface area contributed by atoms with Crippen LogP contribution in [-0.2, 0) is 0 Å². The van der Waals surface area contributed by atoms with Gasteiger partial charge in [-0.15, -0.1) is 0 Å². The van der Waals surface area contributed by atoms with Crippen LogP contribution in [0.4, 0.5) is 11.4 Å². The molecule has 0 saturated heterocycles. The Kier molecular flexibility index (Phi) is 6.09. The van der Waals surface area contributed by atoms with Crippen LogP contribution >= 0.6 is 0 Å². The zero-order chi connectivity index (χ0) is 27.9. The Balaban J connectivity index is 1.50. The number of rotatable bonds is 5. The number of aromatic nitrogens is 3. The van der Waals surface area contributed by atoms with Gasteiger partial charge in [-0.05, 0) is 55.3 Å². The maximum atomic E-state index is 5.16. The minimum absolute atomic E-state index is 0.663. The summed E-state index contributed by atoms with van der Waals surface area (Å²) in [6, 6.07) is 44.3. The van der Waals surface area contributed by atoms with Crippen molar-refractivity contribution in [3.63, 3.8) is 0 Å². The van der Waals surface area contributed by atoms with Gasteiger partial charge in [0.1, 0.15) is 0 Å². The second-order valence-corrected chi connectivity index (χ2v) is 10.5. The molecule has 5 aromatic carbocycles. The molecule has 41 heavy (non-hydrogen) atoms. The molecule has 2 heterocycles. The van der Waals surface area contributed by atoms with Gasteiger partial charge in [-0.2, -0.15) is 0 Å². The molecule has 4 heteroatoms. The Bertz CT molecular complexity index is 1970. The summed E-state index contributed by atoms with van der Waals surface area (Å²) < 4.78 is 2.22. The van der Waals surface area contributed by atoms with Gasteiger partial charge in [-0.25, -0.2) is 9.97 Å². The van der Waals surface area contributed by atoms with Crippen LogP contribution in [0.15, 0.2) is 127 Å². The van der Waals surface area contributed by atoms with Gasteiger partial charge in [0, 0.05) is 40.3 Å². The lowest BCUT2D eigenvalue weighted by Gasteiger charge is -2.24. The molecule has 2 aromatic heterocycles. The van der Waals surface area contributed by atoms with Crippen LogP contribution in [-0.4, -0.2) is 21.6 Å². The molecule has 4 nitrogen and oxygen atoms in total. The normalized spacial score (nSPS) is 11.3. The summed E-state index contributed by atoms with van der Waals surface area (Å²) in [5.41, 5.74) is 11.0. The van der Waals surface area contributed by atoms with Crippen molar-refractivity contribution in [3.8, 4) is 28.5 Å². The maximum absolute atomic E-state index is 5.16. The molecule has 0 aliphatic heterocycles. The van der Waals surface area contributed by atoms with Crippen molar-refractivity contribution in [2.45, 2.75) is 13.8 Å². The number of fused-ring (bicyclic) bond motifs is 3. The van der Waals surface area contributed by atoms with Crippen LogP contribution in [0, 0.1) is 13.8 Å². The smallest absolute Gasteiger partial charge is 0.235 e. The average molecular weight is 531 g/mol. The standard InChI is InChI=1S/C37H30N4/c1-25-14-10-12-20-32(25)40(3)33-22-23-35-36(26(33)2)29-19-11-13-21-34(29)41(35)37-38-30(27-15-6-4-7-16-27)24-31(39-37)28-17-8-5-9-18-28/h4-24H,1-3H3. The van der Waals surface area contributed by atoms with Crippen molar-refractivity contribution in [2.75, 3.05) is 11.9 Å². The zero-order valence-corrected chi connectivity index (χ0v) is 23.4. The van der Waals surface area contributed by atoms with E-state index < -0.39 is 0 Å². The first-order chi connectivity index (χ1) is 20.1. The highest BCUT2D eigenvalue weighted by molar-refractivity contribution is 6.12. The zero-order valence-electron chi connectivity index (χ0n) is 23.4. The summed E-state index contributed by atoms with van der Waals surface area (Å²) in [5, 5.41) is 2.41. The second kappa shape index (κ2) is 10.1. The first-order valence-electron chi connectivity index (χ1n) is 13.9. The number of aryl methyl sites for hydroxylation is 2. The third-order valence-electron chi connectivity index (χ3n) is 7.96. The molecular formula is C37H30N4. The highest BCUT2D eigenvalue weighted by Crippen LogP contribution is 2.39. The highest BCUT2D eigenvalue weighted by Gasteiger charge is 2.20. The molecule has 0 amide bonds. The largest absolute Gasteiger partial charge is 0.344 e. The molecule has 0 radical (unpaired) electrons. The van der Waals surface area contributed by atoms with E-state index in [-0.39, 0.29) is 0 Å². The highest BCUT2D eigenvalue weighted by atomic mass is 15.2. The van der Waals surface area contributed by atoms with Gasteiger partial charge in [-0.1, -0.05) is 97.1 Å². The van der Waals surface area contributed by atoms with E-state index in [1.165, 1.54) is 33.3 Å². The minimum atomic E-state index is 0.663. The van der Waals surface area contributed by atoms with Crippen LogP contribution in [0.1, 0.15) is 11.1 Å². The number of benzene rings is 5. The van der Waals surface area contributed by atoms with Gasteiger partial charge in [0.05, 0.1) is 22.4 Å². The Morgan fingerprint density at radius 3 is 1.80 bits per heavy atom. The van der Waals surface area contributed by atoms with Crippen molar-refractivity contribution in [1.29, 1.82) is 0 Å². The van der Waals surface area contributed by atoms with Gasteiger partial charge in [0.15, 0.2) is 0 Å².